The van der Waals surface area contributed by atoms with Crippen molar-refractivity contribution in [2.24, 2.45) is 17.8 Å². The molecule has 4 nitrogen and oxygen atoms in total. The summed E-state index contributed by atoms with van der Waals surface area (Å²) in [6.07, 6.45) is 5.26. The van der Waals surface area contributed by atoms with Crippen LogP contribution in [0.25, 0.3) is 10.9 Å². The van der Waals surface area contributed by atoms with Crippen LogP contribution in [-0.2, 0) is 0 Å². The molecule has 0 radical (unpaired) electrons. The Morgan fingerprint density at radius 1 is 1.23 bits per heavy atom. The number of carbonyl (C=O) groups is 1. The first-order valence-corrected chi connectivity index (χ1v) is 9.64. The number of carbonyl (C=O) groups excluding carboxylic acids is 1. The van der Waals surface area contributed by atoms with Crippen LogP contribution in [-0.4, -0.2) is 28.6 Å². The van der Waals surface area contributed by atoms with E-state index < -0.39 is 0 Å². The number of benzene rings is 1. The van der Waals surface area contributed by atoms with E-state index in [-0.39, 0.29) is 24.4 Å². The first-order valence-electron chi connectivity index (χ1n) is 9.64. The van der Waals surface area contributed by atoms with Gasteiger partial charge in [0, 0.05) is 29.6 Å². The number of nitrogens with zero attached hydrogens (tertiary/aromatic N) is 1. The lowest BCUT2D eigenvalue weighted by molar-refractivity contribution is 0.0808. The highest BCUT2D eigenvalue weighted by Crippen LogP contribution is 2.49. The Bertz CT molecular complexity index is 880. The van der Waals surface area contributed by atoms with Crippen LogP contribution in [0.1, 0.15) is 54.1 Å². The fraction of sp³-hybridized carbons (Fsp3) is 0.524. The zero-order valence-corrected chi connectivity index (χ0v) is 14.6. The number of amides is 1. The van der Waals surface area contributed by atoms with Gasteiger partial charge in [0.2, 0.25) is 0 Å². The summed E-state index contributed by atoms with van der Waals surface area (Å²) in [6, 6.07) is 6.50. The molecule has 1 aromatic carbocycles. The van der Waals surface area contributed by atoms with E-state index in [1.54, 1.807) is 6.07 Å². The fourth-order valence-electron chi connectivity index (χ4n) is 4.90. The third-order valence-electron chi connectivity index (χ3n) is 6.53. The van der Waals surface area contributed by atoms with Gasteiger partial charge in [-0.25, -0.2) is 4.39 Å². The van der Waals surface area contributed by atoms with Gasteiger partial charge in [0.1, 0.15) is 5.82 Å². The van der Waals surface area contributed by atoms with Gasteiger partial charge < -0.3 is 10.4 Å². The highest BCUT2D eigenvalue weighted by Gasteiger charge is 2.47. The molecule has 0 aliphatic heterocycles. The number of aliphatic hydroxyl groups is 1. The molecule has 1 heterocycles. The van der Waals surface area contributed by atoms with Crippen molar-refractivity contribution >= 4 is 16.8 Å². The predicted octanol–water partition coefficient (Wildman–Crippen LogP) is 3.39. The molecule has 1 aromatic heterocycles. The summed E-state index contributed by atoms with van der Waals surface area (Å²) in [4.78, 5) is 17.6. The number of halogens is 1. The molecule has 3 fully saturated rings. The molecule has 26 heavy (non-hydrogen) atoms. The number of nitrogens with one attached hydrogen (secondary N) is 1. The van der Waals surface area contributed by atoms with Gasteiger partial charge in [0.05, 0.1) is 11.1 Å². The molecule has 4 atom stereocenters. The monoisotopic (exact) mass is 354 g/mol. The highest BCUT2D eigenvalue weighted by molar-refractivity contribution is 6.06. The zero-order chi connectivity index (χ0) is 17.8. The van der Waals surface area contributed by atoms with Gasteiger partial charge in [-0.15, -0.1) is 0 Å². The number of fused-ring (bicyclic) bond motifs is 2. The van der Waals surface area contributed by atoms with Gasteiger partial charge in [-0.1, -0.05) is 0 Å². The van der Waals surface area contributed by atoms with Crippen LogP contribution < -0.4 is 5.32 Å². The van der Waals surface area contributed by atoms with Crippen molar-refractivity contribution in [3.05, 3.63) is 41.3 Å². The zero-order valence-electron chi connectivity index (χ0n) is 14.6. The molecule has 5 rings (SSSR count). The number of hydrogen-bond donors (Lipinski definition) is 2. The number of aliphatic hydroxyl groups excluding tert-OH is 1. The molecule has 2 aromatic rings. The number of hydrogen-bond acceptors (Lipinski definition) is 3. The molecule has 5 heteroatoms. The largest absolute Gasteiger partial charge is 0.396 e. The second kappa shape index (κ2) is 6.02. The Morgan fingerprint density at radius 3 is 2.85 bits per heavy atom. The summed E-state index contributed by atoms with van der Waals surface area (Å²) in [5.74, 6) is 1.45. The topological polar surface area (TPSA) is 62.2 Å². The summed E-state index contributed by atoms with van der Waals surface area (Å²) in [6.45, 7) is 0.243. The van der Waals surface area contributed by atoms with Gasteiger partial charge in [0.15, 0.2) is 0 Å². The van der Waals surface area contributed by atoms with E-state index in [4.69, 9.17) is 0 Å². The lowest BCUT2D eigenvalue weighted by Crippen LogP contribution is -2.50. The summed E-state index contributed by atoms with van der Waals surface area (Å²) in [7, 11) is 0. The maximum absolute atomic E-state index is 13.8. The Balaban J connectivity index is 1.42. The summed E-state index contributed by atoms with van der Waals surface area (Å²) in [5, 5.41) is 13.1. The minimum Gasteiger partial charge on any atom is -0.396 e. The molecule has 0 bridgehead atoms. The first kappa shape index (κ1) is 16.2. The second-order valence-corrected chi connectivity index (χ2v) is 8.29. The van der Waals surface area contributed by atoms with Gasteiger partial charge in [-0.05, 0) is 74.1 Å². The van der Waals surface area contributed by atoms with Crippen molar-refractivity contribution in [3.8, 4) is 0 Å². The standard InChI is InChI=1S/C21H23FN2O2/c22-14-3-4-18-16(8-14)17(9-19(23-18)12-1-2-12)21(26)24-20-7-13-5-11(10-25)6-15(13)20/h3-4,8-9,11-13,15,20,25H,1-2,5-7,10H2,(H,24,26)/t11?,13-,15-,20?/m1/s1. The minimum atomic E-state index is -0.349. The van der Waals surface area contributed by atoms with Crippen LogP contribution in [0, 0.1) is 23.6 Å². The van der Waals surface area contributed by atoms with Crippen LogP contribution in [0.3, 0.4) is 0 Å². The molecule has 1 amide bonds. The smallest absolute Gasteiger partial charge is 0.252 e. The van der Waals surface area contributed by atoms with Gasteiger partial charge in [-0.2, -0.15) is 0 Å². The first-order chi connectivity index (χ1) is 12.6. The maximum Gasteiger partial charge on any atom is 0.252 e. The Morgan fingerprint density at radius 2 is 2.08 bits per heavy atom. The molecule has 136 valence electrons. The van der Waals surface area contributed by atoms with Crippen molar-refractivity contribution < 1.29 is 14.3 Å². The number of aromatic nitrogens is 1. The van der Waals surface area contributed by atoms with Crippen LogP contribution >= 0.6 is 0 Å². The van der Waals surface area contributed by atoms with Crippen LogP contribution in [0.5, 0.6) is 0 Å². The van der Waals surface area contributed by atoms with Crippen LogP contribution in [0.2, 0.25) is 0 Å². The average molecular weight is 354 g/mol. The van der Waals surface area contributed by atoms with E-state index in [1.165, 1.54) is 12.1 Å². The quantitative estimate of drug-likeness (QED) is 0.885. The third-order valence-corrected chi connectivity index (χ3v) is 6.53. The molecule has 2 unspecified atom stereocenters. The van der Waals surface area contributed by atoms with E-state index >= 15 is 0 Å². The SMILES string of the molecule is O=C(NC1C[C@H]2CC(CO)C[C@@H]12)c1cc(C2CC2)nc2ccc(F)cc12. The lowest BCUT2D eigenvalue weighted by atomic mass is 9.71. The van der Waals surface area contributed by atoms with Crippen molar-refractivity contribution in [1.82, 2.24) is 10.3 Å². The Kier molecular flexibility index (Phi) is 3.74. The molecular formula is C21H23FN2O2. The van der Waals surface area contributed by atoms with E-state index in [9.17, 15) is 14.3 Å². The fourth-order valence-corrected chi connectivity index (χ4v) is 4.90. The highest BCUT2D eigenvalue weighted by atomic mass is 19.1. The molecule has 0 spiro atoms. The van der Waals surface area contributed by atoms with E-state index in [2.05, 4.69) is 10.3 Å². The van der Waals surface area contributed by atoms with Crippen molar-refractivity contribution in [1.29, 1.82) is 0 Å². The normalized spacial score (nSPS) is 30.1. The van der Waals surface area contributed by atoms with Crippen molar-refractivity contribution in [2.75, 3.05) is 6.61 Å². The summed E-state index contributed by atoms with van der Waals surface area (Å²) in [5.41, 5.74) is 2.17. The van der Waals surface area contributed by atoms with Gasteiger partial charge in [-0.3, -0.25) is 9.78 Å². The van der Waals surface area contributed by atoms with Gasteiger partial charge in [0.25, 0.3) is 5.91 Å². The Labute approximate surface area is 151 Å². The van der Waals surface area contributed by atoms with E-state index in [0.29, 0.717) is 40.1 Å². The molecule has 3 aliphatic rings. The average Bonchev–Trinajstić information content (AvgIpc) is 3.42. The van der Waals surface area contributed by atoms with E-state index in [1.807, 2.05) is 6.07 Å². The maximum atomic E-state index is 13.8. The summed E-state index contributed by atoms with van der Waals surface area (Å²) < 4.78 is 13.8. The molecule has 3 saturated carbocycles. The number of rotatable bonds is 4. The predicted molar refractivity (Wildman–Crippen MR) is 96.3 cm³/mol. The summed E-state index contributed by atoms with van der Waals surface area (Å²) >= 11 is 0. The second-order valence-electron chi connectivity index (χ2n) is 8.29. The molecule has 0 saturated heterocycles. The lowest BCUT2D eigenvalue weighted by Gasteiger charge is -2.41. The molecule has 2 N–H and O–H groups in total. The molecule has 3 aliphatic carbocycles. The molecular weight excluding hydrogens is 331 g/mol. The van der Waals surface area contributed by atoms with Gasteiger partial charge >= 0.3 is 0 Å². The third kappa shape index (κ3) is 2.69. The van der Waals surface area contributed by atoms with E-state index in [0.717, 1.165) is 37.8 Å². The van der Waals surface area contributed by atoms with Crippen LogP contribution in [0.15, 0.2) is 24.3 Å². The van der Waals surface area contributed by atoms with Crippen LogP contribution in [0.4, 0.5) is 4.39 Å². The van der Waals surface area contributed by atoms with Crippen molar-refractivity contribution in [3.63, 3.8) is 0 Å². The minimum absolute atomic E-state index is 0.124. The van der Waals surface area contributed by atoms with Crippen molar-refractivity contribution in [2.45, 2.75) is 44.1 Å². The number of pyridine rings is 1. The Hall–Kier alpha value is -2.01.